The molecule has 2 aromatic rings. The number of nitrogens with one attached hydrogen (secondary N) is 1. The summed E-state index contributed by atoms with van der Waals surface area (Å²) in [6.45, 7) is 0. The number of nitrogens with two attached hydrogens (primary N) is 1. The van der Waals surface area contributed by atoms with Crippen LogP contribution in [-0.2, 0) is 16.0 Å². The van der Waals surface area contributed by atoms with Crippen molar-refractivity contribution in [1.29, 1.82) is 0 Å². The van der Waals surface area contributed by atoms with Crippen molar-refractivity contribution in [3.63, 3.8) is 0 Å². The SMILES string of the molecule is COC(=O)c1cccc(NC(=O)[C@@H](N)Cc2ccccc2)c1. The first-order valence-electron chi connectivity index (χ1n) is 6.89. The molecule has 5 heteroatoms. The zero-order valence-corrected chi connectivity index (χ0v) is 12.3. The van der Waals surface area contributed by atoms with Crippen molar-refractivity contribution in [3.8, 4) is 0 Å². The van der Waals surface area contributed by atoms with Crippen LogP contribution in [0.3, 0.4) is 0 Å². The first-order chi connectivity index (χ1) is 10.6. The lowest BCUT2D eigenvalue weighted by molar-refractivity contribution is -0.117. The third-order valence-corrected chi connectivity index (χ3v) is 3.19. The van der Waals surface area contributed by atoms with E-state index in [9.17, 15) is 9.59 Å². The number of hydrogen-bond donors (Lipinski definition) is 2. The van der Waals surface area contributed by atoms with E-state index in [0.29, 0.717) is 17.7 Å². The van der Waals surface area contributed by atoms with Crippen LogP contribution in [-0.4, -0.2) is 25.0 Å². The average Bonchev–Trinajstić information content (AvgIpc) is 2.55. The highest BCUT2D eigenvalue weighted by Crippen LogP contribution is 2.12. The van der Waals surface area contributed by atoms with E-state index in [2.05, 4.69) is 10.1 Å². The molecule has 1 atom stereocenters. The van der Waals surface area contributed by atoms with Crippen LogP contribution in [0.1, 0.15) is 15.9 Å². The summed E-state index contributed by atoms with van der Waals surface area (Å²) in [7, 11) is 1.31. The van der Waals surface area contributed by atoms with Crippen molar-refractivity contribution < 1.29 is 14.3 Å². The molecule has 0 aliphatic rings. The standard InChI is InChI=1S/C17H18N2O3/c1-22-17(21)13-8-5-9-14(11-13)19-16(20)15(18)10-12-6-3-2-4-7-12/h2-9,11,15H,10,18H2,1H3,(H,19,20)/t15-/m0/s1. The topological polar surface area (TPSA) is 81.4 Å². The first-order valence-corrected chi connectivity index (χ1v) is 6.89. The lowest BCUT2D eigenvalue weighted by atomic mass is 10.1. The number of methoxy groups -OCH3 is 1. The largest absolute Gasteiger partial charge is 0.465 e. The Morgan fingerprint density at radius 2 is 1.86 bits per heavy atom. The Bertz CT molecular complexity index is 656. The third-order valence-electron chi connectivity index (χ3n) is 3.19. The lowest BCUT2D eigenvalue weighted by Gasteiger charge is -2.13. The van der Waals surface area contributed by atoms with E-state index in [0.717, 1.165) is 5.56 Å². The quantitative estimate of drug-likeness (QED) is 0.827. The highest BCUT2D eigenvalue weighted by atomic mass is 16.5. The Hall–Kier alpha value is -2.66. The molecule has 0 saturated heterocycles. The molecule has 0 heterocycles. The molecule has 0 unspecified atom stereocenters. The molecule has 0 aliphatic carbocycles. The molecule has 1 amide bonds. The van der Waals surface area contributed by atoms with Gasteiger partial charge in [-0.2, -0.15) is 0 Å². The summed E-state index contributed by atoms with van der Waals surface area (Å²) in [6.07, 6.45) is 0.448. The van der Waals surface area contributed by atoms with Crippen LogP contribution >= 0.6 is 0 Å². The molecule has 0 radical (unpaired) electrons. The number of rotatable bonds is 5. The summed E-state index contributed by atoms with van der Waals surface area (Å²) < 4.78 is 4.65. The van der Waals surface area contributed by atoms with Crippen LogP contribution < -0.4 is 11.1 Å². The molecule has 0 spiro atoms. The number of ether oxygens (including phenoxy) is 1. The van der Waals surface area contributed by atoms with Gasteiger partial charge in [-0.1, -0.05) is 36.4 Å². The smallest absolute Gasteiger partial charge is 0.337 e. The first kappa shape index (κ1) is 15.7. The van der Waals surface area contributed by atoms with Crippen LogP contribution in [0.4, 0.5) is 5.69 Å². The van der Waals surface area contributed by atoms with Crippen LogP contribution in [0.5, 0.6) is 0 Å². The Kier molecular flexibility index (Phi) is 5.27. The molecule has 0 bridgehead atoms. The molecule has 2 rings (SSSR count). The number of amides is 1. The molecule has 5 nitrogen and oxygen atoms in total. The summed E-state index contributed by atoms with van der Waals surface area (Å²) in [6, 6.07) is 15.4. The maximum absolute atomic E-state index is 12.1. The van der Waals surface area contributed by atoms with Gasteiger partial charge in [-0.3, -0.25) is 4.79 Å². The molecule has 22 heavy (non-hydrogen) atoms. The summed E-state index contributed by atoms with van der Waals surface area (Å²) >= 11 is 0. The van der Waals surface area contributed by atoms with Gasteiger partial charge in [0.1, 0.15) is 0 Å². The number of hydrogen-bond acceptors (Lipinski definition) is 4. The third kappa shape index (κ3) is 4.17. The predicted molar refractivity (Wildman–Crippen MR) is 84.5 cm³/mol. The van der Waals surface area contributed by atoms with Crippen molar-refractivity contribution in [2.75, 3.05) is 12.4 Å². The van der Waals surface area contributed by atoms with Gasteiger partial charge in [0.05, 0.1) is 18.7 Å². The average molecular weight is 298 g/mol. The van der Waals surface area contributed by atoms with Gasteiger partial charge in [0.15, 0.2) is 0 Å². The van der Waals surface area contributed by atoms with Crippen LogP contribution in [0.15, 0.2) is 54.6 Å². The minimum atomic E-state index is -0.663. The van der Waals surface area contributed by atoms with Gasteiger partial charge >= 0.3 is 5.97 Å². The molecule has 2 aromatic carbocycles. The number of carbonyl (C=O) groups is 2. The van der Waals surface area contributed by atoms with Gasteiger partial charge in [-0.15, -0.1) is 0 Å². The van der Waals surface area contributed by atoms with Gasteiger partial charge in [0, 0.05) is 5.69 Å². The summed E-state index contributed by atoms with van der Waals surface area (Å²) in [5, 5.41) is 2.71. The Balaban J connectivity index is 2.01. The van der Waals surface area contributed by atoms with Gasteiger partial charge in [0.25, 0.3) is 0 Å². The van der Waals surface area contributed by atoms with Gasteiger partial charge in [-0.25, -0.2) is 4.79 Å². The Morgan fingerprint density at radius 1 is 1.14 bits per heavy atom. The second kappa shape index (κ2) is 7.38. The predicted octanol–water partition coefficient (Wildman–Crippen LogP) is 1.98. The fourth-order valence-corrected chi connectivity index (χ4v) is 2.04. The second-order valence-electron chi connectivity index (χ2n) is 4.86. The molecule has 3 N–H and O–H groups in total. The summed E-state index contributed by atoms with van der Waals surface area (Å²) in [4.78, 5) is 23.6. The fourth-order valence-electron chi connectivity index (χ4n) is 2.04. The van der Waals surface area contributed by atoms with E-state index in [1.165, 1.54) is 7.11 Å². The van der Waals surface area contributed by atoms with Gasteiger partial charge < -0.3 is 15.8 Å². The van der Waals surface area contributed by atoms with E-state index >= 15 is 0 Å². The van der Waals surface area contributed by atoms with Crippen molar-refractivity contribution in [2.45, 2.75) is 12.5 Å². The molecule has 114 valence electrons. The lowest BCUT2D eigenvalue weighted by Crippen LogP contribution is -2.37. The molecule has 0 aliphatic heterocycles. The highest BCUT2D eigenvalue weighted by Gasteiger charge is 2.15. The fraction of sp³-hybridized carbons (Fsp3) is 0.176. The maximum atomic E-state index is 12.1. The van der Waals surface area contributed by atoms with Crippen molar-refractivity contribution in [1.82, 2.24) is 0 Å². The van der Waals surface area contributed by atoms with Crippen molar-refractivity contribution in [2.24, 2.45) is 5.73 Å². The Labute approximate surface area is 129 Å². The summed E-state index contributed by atoms with van der Waals surface area (Å²) in [5.41, 5.74) is 7.79. The second-order valence-corrected chi connectivity index (χ2v) is 4.86. The number of benzene rings is 2. The molecular weight excluding hydrogens is 280 g/mol. The maximum Gasteiger partial charge on any atom is 0.337 e. The monoisotopic (exact) mass is 298 g/mol. The van der Waals surface area contributed by atoms with Crippen molar-refractivity contribution in [3.05, 3.63) is 65.7 Å². The molecule has 0 saturated carbocycles. The zero-order chi connectivity index (χ0) is 15.9. The van der Waals surface area contributed by atoms with E-state index in [4.69, 9.17) is 5.73 Å². The van der Waals surface area contributed by atoms with Gasteiger partial charge in [0.2, 0.25) is 5.91 Å². The highest BCUT2D eigenvalue weighted by molar-refractivity contribution is 5.96. The van der Waals surface area contributed by atoms with Crippen LogP contribution in [0.25, 0.3) is 0 Å². The molecule has 0 fully saturated rings. The van der Waals surface area contributed by atoms with E-state index in [1.54, 1.807) is 24.3 Å². The van der Waals surface area contributed by atoms with Crippen LogP contribution in [0.2, 0.25) is 0 Å². The Morgan fingerprint density at radius 3 is 2.55 bits per heavy atom. The number of esters is 1. The zero-order valence-electron chi connectivity index (χ0n) is 12.3. The van der Waals surface area contributed by atoms with Crippen molar-refractivity contribution >= 4 is 17.6 Å². The van der Waals surface area contributed by atoms with Gasteiger partial charge in [-0.05, 0) is 30.2 Å². The van der Waals surface area contributed by atoms with E-state index in [-0.39, 0.29) is 5.91 Å². The molecular formula is C17H18N2O3. The normalized spacial score (nSPS) is 11.5. The van der Waals surface area contributed by atoms with Crippen LogP contribution in [0, 0.1) is 0 Å². The minimum absolute atomic E-state index is 0.300. The summed E-state index contributed by atoms with van der Waals surface area (Å²) in [5.74, 6) is -0.754. The van der Waals surface area contributed by atoms with E-state index < -0.39 is 12.0 Å². The molecule has 0 aromatic heterocycles. The number of anilines is 1. The van der Waals surface area contributed by atoms with E-state index in [1.807, 2.05) is 30.3 Å². The minimum Gasteiger partial charge on any atom is -0.465 e. The number of carbonyl (C=O) groups excluding carboxylic acids is 2.